The molecule has 1 unspecified atom stereocenters. The number of hydrogen-bond donors (Lipinski definition) is 1. The average molecular weight is 281 g/mol. The second kappa shape index (κ2) is 5.94. The van der Waals surface area contributed by atoms with Gasteiger partial charge in [-0.3, -0.25) is 0 Å². The smallest absolute Gasteiger partial charge is 0.159 e. The molecule has 0 radical (unpaired) electrons. The van der Waals surface area contributed by atoms with Crippen molar-refractivity contribution in [2.45, 2.75) is 33.1 Å². The van der Waals surface area contributed by atoms with Crippen molar-refractivity contribution in [2.24, 2.45) is 5.92 Å². The largest absolute Gasteiger partial charge is 0.319 e. The number of aromatic nitrogens is 2. The third-order valence-electron chi connectivity index (χ3n) is 4.46. The number of nitrogens with zero attached hydrogens (tertiary/aromatic N) is 2. The molecule has 0 amide bonds. The van der Waals surface area contributed by atoms with Crippen molar-refractivity contribution in [3.63, 3.8) is 0 Å². The zero-order valence-corrected chi connectivity index (χ0v) is 13.1. The first-order valence-electron chi connectivity index (χ1n) is 7.76. The summed E-state index contributed by atoms with van der Waals surface area (Å²) in [5.74, 6) is 1.60. The summed E-state index contributed by atoms with van der Waals surface area (Å²) in [5, 5.41) is 3.29. The van der Waals surface area contributed by atoms with E-state index in [0.717, 1.165) is 36.5 Å². The van der Waals surface area contributed by atoms with E-state index < -0.39 is 0 Å². The van der Waals surface area contributed by atoms with Gasteiger partial charge in [-0.15, -0.1) is 0 Å². The van der Waals surface area contributed by atoms with Crippen LogP contribution in [0.2, 0.25) is 0 Å². The van der Waals surface area contributed by atoms with Crippen LogP contribution in [0.5, 0.6) is 0 Å². The monoisotopic (exact) mass is 281 g/mol. The van der Waals surface area contributed by atoms with Crippen LogP contribution in [0.15, 0.2) is 24.3 Å². The highest BCUT2D eigenvalue weighted by molar-refractivity contribution is 5.60. The van der Waals surface area contributed by atoms with Crippen LogP contribution in [-0.4, -0.2) is 23.6 Å². The molecule has 1 aliphatic rings. The molecule has 1 aromatic carbocycles. The molecule has 0 spiro atoms. The van der Waals surface area contributed by atoms with Gasteiger partial charge in [-0.1, -0.05) is 24.3 Å². The molecule has 0 fully saturated rings. The van der Waals surface area contributed by atoms with Crippen molar-refractivity contribution in [1.29, 1.82) is 0 Å². The lowest BCUT2D eigenvalue weighted by molar-refractivity contribution is 0.433. The number of fused-ring (bicyclic) bond motifs is 1. The van der Waals surface area contributed by atoms with Gasteiger partial charge >= 0.3 is 0 Å². The van der Waals surface area contributed by atoms with Crippen LogP contribution >= 0.6 is 0 Å². The Balaban J connectivity index is 1.98. The van der Waals surface area contributed by atoms with Crippen LogP contribution in [0.1, 0.15) is 28.9 Å². The van der Waals surface area contributed by atoms with E-state index in [-0.39, 0.29) is 0 Å². The highest BCUT2D eigenvalue weighted by Gasteiger charge is 2.22. The van der Waals surface area contributed by atoms with Crippen molar-refractivity contribution >= 4 is 0 Å². The summed E-state index contributed by atoms with van der Waals surface area (Å²) >= 11 is 0. The first kappa shape index (κ1) is 14.2. The summed E-state index contributed by atoms with van der Waals surface area (Å²) in [7, 11) is 2.03. The van der Waals surface area contributed by atoms with Crippen LogP contribution < -0.4 is 5.32 Å². The molecule has 2 aromatic rings. The summed E-state index contributed by atoms with van der Waals surface area (Å²) in [6, 6.07) is 8.36. The van der Waals surface area contributed by atoms with E-state index in [2.05, 4.69) is 43.4 Å². The molecule has 1 aliphatic carbocycles. The summed E-state index contributed by atoms with van der Waals surface area (Å²) in [5.41, 5.74) is 6.17. The molecule has 0 saturated heterocycles. The summed E-state index contributed by atoms with van der Waals surface area (Å²) in [6.07, 6.45) is 3.40. The minimum absolute atomic E-state index is 0.717. The molecule has 3 heteroatoms. The number of aryl methyl sites for hydroxylation is 3. The molecule has 0 saturated carbocycles. The Bertz CT molecular complexity index is 649. The van der Waals surface area contributed by atoms with Crippen molar-refractivity contribution in [3.8, 4) is 11.4 Å². The van der Waals surface area contributed by atoms with E-state index in [9.17, 15) is 0 Å². The molecular formula is C18H23N3. The van der Waals surface area contributed by atoms with E-state index >= 15 is 0 Å². The highest BCUT2D eigenvalue weighted by Crippen LogP contribution is 2.28. The van der Waals surface area contributed by atoms with E-state index in [4.69, 9.17) is 9.97 Å². The van der Waals surface area contributed by atoms with Crippen molar-refractivity contribution < 1.29 is 0 Å². The van der Waals surface area contributed by atoms with Crippen LogP contribution in [0.25, 0.3) is 11.4 Å². The van der Waals surface area contributed by atoms with Gasteiger partial charge in [-0.2, -0.15) is 0 Å². The second-order valence-corrected chi connectivity index (χ2v) is 6.04. The standard InChI is InChI=1S/C18H23N3/c1-12-6-4-5-7-15(12)18-20-13(2)16-10-14(11-19-3)8-9-17(16)21-18/h4-7,14,19H,8-11H2,1-3H3. The molecule has 1 heterocycles. The van der Waals surface area contributed by atoms with E-state index in [1.807, 2.05) is 7.05 Å². The van der Waals surface area contributed by atoms with Gasteiger partial charge in [-0.05, 0) is 63.7 Å². The molecule has 1 atom stereocenters. The Morgan fingerprint density at radius 2 is 2.00 bits per heavy atom. The highest BCUT2D eigenvalue weighted by atomic mass is 14.9. The first-order chi connectivity index (χ1) is 10.2. The number of rotatable bonds is 3. The van der Waals surface area contributed by atoms with Crippen molar-refractivity contribution in [2.75, 3.05) is 13.6 Å². The lowest BCUT2D eigenvalue weighted by Gasteiger charge is -2.25. The summed E-state index contributed by atoms with van der Waals surface area (Å²) in [4.78, 5) is 9.65. The Labute approximate surface area is 126 Å². The van der Waals surface area contributed by atoms with Gasteiger partial charge in [0.05, 0.1) is 0 Å². The molecule has 21 heavy (non-hydrogen) atoms. The normalized spacial score (nSPS) is 17.6. The van der Waals surface area contributed by atoms with Gasteiger partial charge in [0.15, 0.2) is 5.82 Å². The molecule has 0 aliphatic heterocycles. The van der Waals surface area contributed by atoms with E-state index in [1.165, 1.54) is 23.2 Å². The summed E-state index contributed by atoms with van der Waals surface area (Å²) in [6.45, 7) is 5.33. The van der Waals surface area contributed by atoms with Gasteiger partial charge in [-0.25, -0.2) is 9.97 Å². The Morgan fingerprint density at radius 1 is 1.19 bits per heavy atom. The summed E-state index contributed by atoms with van der Waals surface area (Å²) < 4.78 is 0. The van der Waals surface area contributed by atoms with Gasteiger partial charge in [0, 0.05) is 17.0 Å². The van der Waals surface area contributed by atoms with Crippen LogP contribution in [0, 0.1) is 19.8 Å². The Hall–Kier alpha value is -1.74. The maximum absolute atomic E-state index is 4.87. The fourth-order valence-electron chi connectivity index (χ4n) is 3.27. The van der Waals surface area contributed by atoms with Crippen LogP contribution in [-0.2, 0) is 12.8 Å². The number of nitrogens with one attached hydrogen (secondary N) is 1. The van der Waals surface area contributed by atoms with Gasteiger partial charge in [0.2, 0.25) is 0 Å². The van der Waals surface area contributed by atoms with E-state index in [0.29, 0.717) is 5.92 Å². The number of benzene rings is 1. The fourth-order valence-corrected chi connectivity index (χ4v) is 3.27. The molecule has 1 aromatic heterocycles. The lowest BCUT2D eigenvalue weighted by Crippen LogP contribution is -2.26. The zero-order valence-electron chi connectivity index (χ0n) is 13.1. The molecule has 110 valence electrons. The SMILES string of the molecule is CNCC1CCc2nc(-c3ccccc3C)nc(C)c2C1. The minimum Gasteiger partial charge on any atom is -0.319 e. The third-order valence-corrected chi connectivity index (χ3v) is 4.46. The average Bonchev–Trinajstić information content (AvgIpc) is 2.48. The predicted molar refractivity (Wildman–Crippen MR) is 86.4 cm³/mol. The molecule has 0 bridgehead atoms. The predicted octanol–water partition coefficient (Wildman–Crippen LogP) is 3.08. The van der Waals surface area contributed by atoms with Crippen LogP contribution in [0.4, 0.5) is 0 Å². The topological polar surface area (TPSA) is 37.8 Å². The quantitative estimate of drug-likeness (QED) is 0.939. The first-order valence-corrected chi connectivity index (χ1v) is 7.76. The Morgan fingerprint density at radius 3 is 2.76 bits per heavy atom. The van der Waals surface area contributed by atoms with Crippen molar-refractivity contribution in [1.82, 2.24) is 15.3 Å². The number of hydrogen-bond acceptors (Lipinski definition) is 3. The molecule has 3 nitrogen and oxygen atoms in total. The maximum Gasteiger partial charge on any atom is 0.159 e. The zero-order chi connectivity index (χ0) is 14.8. The van der Waals surface area contributed by atoms with Crippen LogP contribution in [0.3, 0.4) is 0 Å². The van der Waals surface area contributed by atoms with Gasteiger partial charge in [0.1, 0.15) is 0 Å². The second-order valence-electron chi connectivity index (χ2n) is 6.04. The van der Waals surface area contributed by atoms with Gasteiger partial charge in [0.25, 0.3) is 0 Å². The van der Waals surface area contributed by atoms with Crippen molar-refractivity contribution in [3.05, 3.63) is 46.8 Å². The molecular weight excluding hydrogens is 258 g/mol. The lowest BCUT2D eigenvalue weighted by atomic mass is 9.85. The maximum atomic E-state index is 4.87. The third kappa shape index (κ3) is 2.84. The molecule has 3 rings (SSSR count). The minimum atomic E-state index is 0.717. The Kier molecular flexibility index (Phi) is 4.02. The fraction of sp³-hybridized carbons (Fsp3) is 0.444. The van der Waals surface area contributed by atoms with Gasteiger partial charge < -0.3 is 5.32 Å². The molecule has 1 N–H and O–H groups in total. The van der Waals surface area contributed by atoms with E-state index in [1.54, 1.807) is 0 Å².